The fourth-order valence-corrected chi connectivity index (χ4v) is 6.56. The van der Waals surface area contributed by atoms with Gasteiger partial charge >= 0.3 is 0 Å². The Morgan fingerprint density at radius 3 is 2.65 bits per heavy atom. The molecule has 0 spiro atoms. The Balaban J connectivity index is 1.14. The SMILES string of the molecule is N#Cc1csc(C(=O)N2CCC[C@@H](c3nc(-c4ccc(C(=O)Nc5cc(C6CC6)ccn5)cc4)c4c(N)nccn34)C2)c1. The molecular formula is C32H28N8O2S. The molecule has 4 aromatic heterocycles. The third-order valence-electron chi connectivity index (χ3n) is 8.12. The predicted octanol–water partition coefficient (Wildman–Crippen LogP) is 5.46. The number of fused-ring (bicyclic) bond motifs is 1. The number of likely N-dealkylation sites (tertiary alicyclic amines) is 1. The number of pyridine rings is 1. The molecule has 1 aliphatic carbocycles. The molecule has 1 aliphatic heterocycles. The van der Waals surface area contributed by atoms with Crippen LogP contribution in [0.3, 0.4) is 0 Å². The summed E-state index contributed by atoms with van der Waals surface area (Å²) in [5, 5.41) is 13.8. The lowest BCUT2D eigenvalue weighted by atomic mass is 9.97. The first-order chi connectivity index (χ1) is 21.0. The smallest absolute Gasteiger partial charge is 0.263 e. The van der Waals surface area contributed by atoms with Gasteiger partial charge in [0, 0.05) is 54.1 Å². The summed E-state index contributed by atoms with van der Waals surface area (Å²) in [5.41, 5.74) is 10.8. The molecule has 10 nitrogen and oxygen atoms in total. The van der Waals surface area contributed by atoms with Crippen LogP contribution in [0.15, 0.2) is 66.4 Å². The lowest BCUT2D eigenvalue weighted by Crippen LogP contribution is -2.39. The number of anilines is 2. The highest BCUT2D eigenvalue weighted by Gasteiger charge is 2.30. The van der Waals surface area contributed by atoms with Gasteiger partial charge in [0.15, 0.2) is 0 Å². The molecule has 1 atom stereocenters. The van der Waals surface area contributed by atoms with Crippen LogP contribution >= 0.6 is 11.3 Å². The van der Waals surface area contributed by atoms with Crippen molar-refractivity contribution in [2.75, 3.05) is 24.1 Å². The molecule has 7 rings (SSSR count). The first kappa shape index (κ1) is 26.8. The standard InChI is InChI=1S/C32H28N8O2S/c33-16-19-14-25(43-18-19)32(42)39-12-1-2-24(17-39)30-38-27(28-29(34)36-11-13-40(28)30)21-5-7-22(8-6-21)31(41)37-26-15-23(9-10-35-26)20-3-4-20/h5-11,13-15,18,20,24H,1-4,12,17H2,(H2,34,36)(H,35,37,41)/t24-/m1/s1. The molecule has 3 N–H and O–H groups in total. The highest BCUT2D eigenvalue weighted by atomic mass is 32.1. The van der Waals surface area contributed by atoms with Crippen LogP contribution in [0.25, 0.3) is 16.8 Å². The van der Waals surface area contributed by atoms with Crippen LogP contribution in [-0.4, -0.2) is 49.2 Å². The minimum Gasteiger partial charge on any atom is -0.382 e. The van der Waals surface area contributed by atoms with Crippen molar-refractivity contribution in [3.8, 4) is 17.3 Å². The molecule has 0 unspecified atom stereocenters. The van der Waals surface area contributed by atoms with Crippen molar-refractivity contribution in [3.05, 3.63) is 93.8 Å². The van der Waals surface area contributed by atoms with Crippen LogP contribution in [-0.2, 0) is 0 Å². The van der Waals surface area contributed by atoms with Crippen molar-refractivity contribution in [2.45, 2.75) is 37.5 Å². The number of imidazole rings is 1. The van der Waals surface area contributed by atoms with Crippen molar-refractivity contribution < 1.29 is 9.59 Å². The molecular weight excluding hydrogens is 560 g/mol. The first-order valence-electron chi connectivity index (χ1n) is 14.3. The zero-order chi connectivity index (χ0) is 29.5. The van der Waals surface area contributed by atoms with Gasteiger partial charge in [-0.1, -0.05) is 12.1 Å². The second-order valence-electron chi connectivity index (χ2n) is 11.0. The fraction of sp³-hybridized carbons (Fsp3) is 0.250. The van der Waals surface area contributed by atoms with E-state index in [0.717, 1.165) is 24.2 Å². The Kier molecular flexibility index (Phi) is 6.83. The summed E-state index contributed by atoms with van der Waals surface area (Å²) in [7, 11) is 0. The van der Waals surface area contributed by atoms with Crippen molar-refractivity contribution >= 4 is 40.3 Å². The van der Waals surface area contributed by atoms with Gasteiger partial charge in [-0.3, -0.25) is 14.0 Å². The van der Waals surface area contributed by atoms with E-state index in [2.05, 4.69) is 21.4 Å². The maximum atomic E-state index is 13.2. The lowest BCUT2D eigenvalue weighted by Gasteiger charge is -2.32. The van der Waals surface area contributed by atoms with Gasteiger partial charge in [0.05, 0.1) is 10.4 Å². The summed E-state index contributed by atoms with van der Waals surface area (Å²) in [6.07, 6.45) is 9.30. The predicted molar refractivity (Wildman–Crippen MR) is 164 cm³/mol. The van der Waals surface area contributed by atoms with Crippen LogP contribution in [0.4, 0.5) is 11.6 Å². The van der Waals surface area contributed by atoms with Gasteiger partial charge in [-0.15, -0.1) is 11.3 Å². The Bertz CT molecular complexity index is 1900. The third kappa shape index (κ3) is 5.21. The molecule has 2 aliphatic rings. The van der Waals surface area contributed by atoms with Crippen LogP contribution in [0, 0.1) is 11.3 Å². The fourth-order valence-electron chi connectivity index (χ4n) is 5.77. The summed E-state index contributed by atoms with van der Waals surface area (Å²) in [6, 6.07) is 15.0. The monoisotopic (exact) mass is 588 g/mol. The second kappa shape index (κ2) is 11.0. The molecule has 2 amide bonds. The zero-order valence-electron chi connectivity index (χ0n) is 23.2. The van der Waals surface area contributed by atoms with E-state index in [1.807, 2.05) is 39.8 Å². The van der Waals surface area contributed by atoms with Gasteiger partial charge in [0.1, 0.15) is 34.7 Å². The number of hydrogen-bond donors (Lipinski definition) is 2. The van der Waals surface area contributed by atoms with Crippen LogP contribution in [0.1, 0.15) is 74.5 Å². The maximum Gasteiger partial charge on any atom is 0.263 e. The number of benzene rings is 1. The van der Waals surface area contributed by atoms with Crippen molar-refractivity contribution in [1.82, 2.24) is 24.3 Å². The highest BCUT2D eigenvalue weighted by Crippen LogP contribution is 2.40. The van der Waals surface area contributed by atoms with Crippen molar-refractivity contribution in [1.29, 1.82) is 5.26 Å². The molecule has 11 heteroatoms. The van der Waals surface area contributed by atoms with Gasteiger partial charge in [-0.05, 0) is 67.5 Å². The van der Waals surface area contributed by atoms with E-state index in [0.29, 0.717) is 57.9 Å². The molecule has 1 saturated heterocycles. The van der Waals surface area contributed by atoms with Gasteiger partial charge in [0.2, 0.25) is 0 Å². The highest BCUT2D eigenvalue weighted by molar-refractivity contribution is 7.12. The molecule has 0 radical (unpaired) electrons. The Hall–Kier alpha value is -5.08. The Morgan fingerprint density at radius 1 is 1.05 bits per heavy atom. The summed E-state index contributed by atoms with van der Waals surface area (Å²) >= 11 is 1.30. The van der Waals surface area contributed by atoms with Crippen LogP contribution in [0.2, 0.25) is 0 Å². The van der Waals surface area contributed by atoms with Gasteiger partial charge in [-0.25, -0.2) is 15.0 Å². The molecule has 1 aromatic carbocycles. The maximum absolute atomic E-state index is 13.2. The number of nitrogen functional groups attached to an aromatic ring is 1. The average Bonchev–Trinajstić information content (AvgIpc) is 3.65. The second-order valence-corrected chi connectivity index (χ2v) is 11.9. The largest absolute Gasteiger partial charge is 0.382 e. The molecule has 0 bridgehead atoms. The summed E-state index contributed by atoms with van der Waals surface area (Å²) in [4.78, 5) is 42.3. The average molecular weight is 589 g/mol. The number of carbonyl (C=O) groups excluding carboxylic acids is 2. The van der Waals surface area contributed by atoms with E-state index < -0.39 is 0 Å². The number of nitrogens with two attached hydrogens (primary N) is 1. The van der Waals surface area contributed by atoms with Gasteiger partial charge < -0.3 is 16.0 Å². The minimum atomic E-state index is -0.233. The number of nitrogens with one attached hydrogen (secondary N) is 1. The van der Waals surface area contributed by atoms with E-state index in [4.69, 9.17) is 16.0 Å². The summed E-state index contributed by atoms with van der Waals surface area (Å²) in [6.45, 7) is 1.16. The first-order valence-corrected chi connectivity index (χ1v) is 15.1. The number of rotatable bonds is 6. The van der Waals surface area contributed by atoms with E-state index in [1.54, 1.807) is 36.0 Å². The molecule has 5 heterocycles. The van der Waals surface area contributed by atoms with E-state index in [-0.39, 0.29) is 17.7 Å². The lowest BCUT2D eigenvalue weighted by molar-refractivity contribution is 0.0709. The number of carbonyl (C=O) groups is 2. The third-order valence-corrected chi connectivity index (χ3v) is 9.04. The number of nitriles is 1. The quantitative estimate of drug-likeness (QED) is 0.268. The zero-order valence-corrected chi connectivity index (χ0v) is 24.1. The number of piperidine rings is 1. The summed E-state index contributed by atoms with van der Waals surface area (Å²) < 4.78 is 1.97. The number of nitrogens with zero attached hydrogens (tertiary/aromatic N) is 6. The van der Waals surface area contributed by atoms with Gasteiger partial charge in [-0.2, -0.15) is 5.26 Å². The van der Waals surface area contributed by atoms with E-state index >= 15 is 0 Å². The number of hydrogen-bond acceptors (Lipinski definition) is 8. The molecule has 43 heavy (non-hydrogen) atoms. The van der Waals surface area contributed by atoms with Gasteiger partial charge in [0.25, 0.3) is 11.8 Å². The van der Waals surface area contributed by atoms with E-state index in [9.17, 15) is 9.59 Å². The van der Waals surface area contributed by atoms with E-state index in [1.165, 1.54) is 29.7 Å². The summed E-state index contributed by atoms with van der Waals surface area (Å²) in [5.74, 6) is 1.97. The van der Waals surface area contributed by atoms with Crippen molar-refractivity contribution in [3.63, 3.8) is 0 Å². The van der Waals surface area contributed by atoms with Crippen molar-refractivity contribution in [2.24, 2.45) is 0 Å². The number of aromatic nitrogens is 4. The Labute approximate surface area is 251 Å². The molecule has 5 aromatic rings. The Morgan fingerprint density at radius 2 is 1.88 bits per heavy atom. The van der Waals surface area contributed by atoms with Crippen LogP contribution < -0.4 is 11.1 Å². The molecule has 2 fully saturated rings. The number of amides is 2. The molecule has 1 saturated carbocycles. The van der Waals surface area contributed by atoms with Crippen LogP contribution in [0.5, 0.6) is 0 Å². The number of thiophene rings is 1. The molecule has 214 valence electrons. The normalized spacial score (nSPS) is 16.6. The minimum absolute atomic E-state index is 0.0138. The topological polar surface area (TPSA) is 142 Å².